The Morgan fingerprint density at radius 1 is 0.478 bits per heavy atom. The van der Waals surface area contributed by atoms with E-state index in [9.17, 15) is 17.8 Å². The van der Waals surface area contributed by atoms with Crippen molar-refractivity contribution in [1.82, 2.24) is 0 Å². The molecule has 218 valence electrons. The Morgan fingerprint density at radius 3 is 1.83 bits per heavy atom. The number of hydrogen-bond donors (Lipinski definition) is 0. The maximum atomic E-state index is 10.4. The maximum Gasteiger partial charge on any atom is 0.251 e. The van der Waals surface area contributed by atoms with Gasteiger partial charge in [0.15, 0.2) is 8.07 Å². The molecule has 1 aliphatic rings. The smallest absolute Gasteiger partial charge is 0.251 e. The van der Waals surface area contributed by atoms with Gasteiger partial charge in [-0.05, 0) is 67.4 Å². The summed E-state index contributed by atoms with van der Waals surface area (Å²) in [5, 5.41) is -4.23. The van der Waals surface area contributed by atoms with Gasteiger partial charge in [0.05, 0.1) is 39.8 Å². The number of para-hydroxylation sites is 1. The Labute approximate surface area is 313 Å². The van der Waals surface area contributed by atoms with E-state index in [1.54, 1.807) is 0 Å². The lowest BCUT2D eigenvalue weighted by Gasteiger charge is -2.35. The summed E-state index contributed by atoms with van der Waals surface area (Å²) >= 11 is 0. The minimum Gasteiger partial charge on any atom is -0.458 e. The van der Waals surface area contributed by atoms with Crippen molar-refractivity contribution in [3.63, 3.8) is 0 Å². The highest BCUT2D eigenvalue weighted by molar-refractivity contribution is 7.20. The molecule has 0 atom stereocenters. The predicted octanol–water partition coefficient (Wildman–Crippen LogP) is 5.66. The third kappa shape index (κ3) is 4.72. The molecular weight excluding hydrogens is 571 g/mol. The maximum absolute atomic E-state index is 10.4. The Bertz CT molecular complexity index is 3590. The highest BCUT2D eigenvalue weighted by atomic mass is 28.3. The van der Waals surface area contributed by atoms with Gasteiger partial charge < -0.3 is 4.74 Å². The normalized spacial score (nSPS) is 21.0. The summed E-state index contributed by atoms with van der Waals surface area (Å²) in [5.74, 6) is -1.32. The van der Waals surface area contributed by atoms with E-state index < -0.39 is 250 Å². The molecule has 46 heavy (non-hydrogen) atoms. The second kappa shape index (κ2) is 11.9. The first-order valence-electron chi connectivity index (χ1n) is 28.1. The average Bonchev–Trinajstić information content (AvgIpc) is 3.38. The van der Waals surface area contributed by atoms with Gasteiger partial charge in [0.25, 0.3) is 6.71 Å². The summed E-state index contributed by atoms with van der Waals surface area (Å²) in [5.41, 5.74) is -4.36. The Hall–Kier alpha value is -5.38. The molecule has 1 heterocycles. The monoisotopic (exact) mass is 633 g/mol. The zero-order valence-corrected chi connectivity index (χ0v) is 24.6. The molecule has 7 aromatic carbocycles. The van der Waals surface area contributed by atoms with E-state index in [0.717, 1.165) is 0 Å². The number of benzene rings is 7. The molecule has 3 heteroatoms. The van der Waals surface area contributed by atoms with E-state index in [-0.39, 0.29) is 5.56 Å². The molecule has 0 N–H and O–H groups in total. The van der Waals surface area contributed by atoms with Crippen molar-refractivity contribution in [3.05, 3.63) is 187 Å². The molecule has 0 radical (unpaired) electrons. The van der Waals surface area contributed by atoms with E-state index >= 15 is 0 Å². The number of ether oxygens (including phenoxy) is 1. The second-order valence-corrected chi connectivity index (χ2v) is 13.4. The van der Waals surface area contributed by atoms with E-state index in [0.29, 0.717) is 6.07 Å². The molecule has 0 aromatic heterocycles. The first-order chi connectivity index (χ1) is 34.8. The van der Waals surface area contributed by atoms with Gasteiger partial charge >= 0.3 is 0 Å². The zero-order chi connectivity index (χ0) is 56.2. The molecule has 0 aliphatic carbocycles. The summed E-state index contributed by atoms with van der Waals surface area (Å²) in [6.07, 6.45) is 0. The molecule has 0 unspecified atom stereocenters. The standard InChI is InChI=1S/C43H33BOSi/c1-32-28-29-41-43(30-32)45-42-27-14-13-26-40(42)44(41)39-25-12-11-24-38(39)33-16-15-23-37(31-33)46(34-17-5-2-6-18-34,35-19-7-3-8-20-35)36-21-9-4-10-22-36/h2-31H,1H3/i2D,3D,4D,5D,6D,7D,8D,9D,10D,11D,12D,13D,14D,15D,16D,17D,18D,19D,20D,21D,23D,24D,25D,26D,27D,28D,29D,30D,31D. The first kappa shape index (κ1) is 10.9. The molecular formula is C43H33BOSi. The number of fused-ring (bicyclic) bond motifs is 2. The molecule has 0 amide bonds. The van der Waals surface area contributed by atoms with Crippen LogP contribution in [0.4, 0.5) is 0 Å². The predicted molar refractivity (Wildman–Crippen MR) is 198 cm³/mol. The lowest BCUT2D eigenvalue weighted by Crippen LogP contribution is -2.74. The molecule has 0 bridgehead atoms. The third-order valence-electron chi connectivity index (χ3n) is 7.35. The largest absolute Gasteiger partial charge is 0.458 e. The van der Waals surface area contributed by atoms with Gasteiger partial charge in [-0.1, -0.05) is 175 Å². The van der Waals surface area contributed by atoms with Crippen LogP contribution >= 0.6 is 0 Å². The van der Waals surface area contributed by atoms with Crippen LogP contribution in [0.15, 0.2) is 181 Å². The van der Waals surface area contributed by atoms with Gasteiger partial charge in [-0.3, -0.25) is 0 Å². The number of hydrogen-bond acceptors (Lipinski definition) is 1. The lowest BCUT2D eigenvalue weighted by molar-refractivity contribution is 0.487. The molecule has 0 saturated heterocycles. The molecule has 1 nitrogen and oxygen atoms in total. The van der Waals surface area contributed by atoms with Gasteiger partial charge in [-0.25, -0.2) is 0 Å². The Kier molecular flexibility index (Phi) is 2.80. The van der Waals surface area contributed by atoms with Crippen molar-refractivity contribution in [2.75, 3.05) is 0 Å². The van der Waals surface area contributed by atoms with E-state index in [1.807, 2.05) is 0 Å². The second-order valence-electron chi connectivity index (χ2n) is 9.89. The Morgan fingerprint density at radius 2 is 1.07 bits per heavy atom. The van der Waals surface area contributed by atoms with Crippen molar-refractivity contribution in [2.24, 2.45) is 0 Å². The highest BCUT2D eigenvalue weighted by Crippen LogP contribution is 2.27. The summed E-state index contributed by atoms with van der Waals surface area (Å²) in [4.78, 5) is 0. The lowest BCUT2D eigenvalue weighted by atomic mass is 9.35. The SMILES string of the molecule is [2H]c1cc([Si](c2c([2H])c([2H])c([2H])c([2H])c2[2H])(c2c([2H])c([2H])c([2H])c([2H])c2[2H])c2c([2H])c([2H])c([2H])c(-c3c([2H])c([2H])c([2H])c([2H])c3B3c4c([2H])c([2H])c([2H])c([2H])c4Oc4c([2H])c(C)c([2H])c([2H])c43)c2[2H])c([2H])c([2H])c1[2H]. The van der Waals surface area contributed by atoms with Crippen LogP contribution in [0.5, 0.6) is 11.5 Å². The molecule has 1 aliphatic heterocycles. The first-order valence-corrected chi connectivity index (χ1v) is 15.6. The molecule has 8 rings (SSSR count). The van der Waals surface area contributed by atoms with Crippen LogP contribution in [0, 0.1) is 6.92 Å². The zero-order valence-electron chi connectivity index (χ0n) is 52.6. The van der Waals surface area contributed by atoms with Crippen LogP contribution in [-0.4, -0.2) is 14.8 Å². The van der Waals surface area contributed by atoms with Crippen molar-refractivity contribution in [1.29, 1.82) is 0 Å². The van der Waals surface area contributed by atoms with E-state index in [1.165, 1.54) is 6.92 Å². The summed E-state index contributed by atoms with van der Waals surface area (Å²) in [6, 6.07) is -30.6. The average molecular weight is 634 g/mol. The minimum absolute atomic E-state index is 0.172. The number of rotatable bonds is 6. The summed E-state index contributed by atoms with van der Waals surface area (Å²) in [6.45, 7) is -0.871. The topological polar surface area (TPSA) is 9.23 Å². The van der Waals surface area contributed by atoms with Crippen LogP contribution in [0.3, 0.4) is 0 Å². The van der Waals surface area contributed by atoms with E-state index in [2.05, 4.69) is 0 Å². The van der Waals surface area contributed by atoms with Gasteiger partial charge in [-0.15, -0.1) is 0 Å². The van der Waals surface area contributed by atoms with Crippen molar-refractivity contribution in [2.45, 2.75) is 6.92 Å². The van der Waals surface area contributed by atoms with Crippen LogP contribution in [0.25, 0.3) is 11.1 Å². The summed E-state index contributed by atoms with van der Waals surface area (Å²) < 4.78 is 270. The Balaban J connectivity index is 1.76. The van der Waals surface area contributed by atoms with Crippen molar-refractivity contribution < 1.29 is 44.5 Å². The third-order valence-corrected chi connectivity index (χ3v) is 11.4. The molecule has 7 aromatic rings. The van der Waals surface area contributed by atoms with Gasteiger partial charge in [0.1, 0.15) is 11.5 Å². The fourth-order valence-corrected chi connectivity index (χ4v) is 9.09. The van der Waals surface area contributed by atoms with Crippen LogP contribution < -0.4 is 41.9 Å². The van der Waals surface area contributed by atoms with Gasteiger partial charge in [0, 0.05) is 0 Å². The molecule has 0 spiro atoms. The summed E-state index contributed by atoms with van der Waals surface area (Å²) in [7, 11) is -6.25. The molecule has 0 saturated carbocycles. The quantitative estimate of drug-likeness (QED) is 0.170. The van der Waals surface area contributed by atoms with Crippen LogP contribution in [-0.2, 0) is 0 Å². The van der Waals surface area contributed by atoms with Crippen molar-refractivity contribution >= 4 is 51.9 Å². The van der Waals surface area contributed by atoms with Gasteiger partial charge in [0.2, 0.25) is 0 Å². The molecule has 0 fully saturated rings. The fourth-order valence-electron chi connectivity index (χ4n) is 5.43. The fraction of sp³-hybridized carbons (Fsp3) is 0.0233. The van der Waals surface area contributed by atoms with Crippen LogP contribution in [0.2, 0.25) is 0 Å². The van der Waals surface area contributed by atoms with Crippen LogP contribution in [0.1, 0.15) is 45.3 Å². The van der Waals surface area contributed by atoms with E-state index in [4.69, 9.17) is 26.7 Å². The van der Waals surface area contributed by atoms with Gasteiger partial charge in [-0.2, -0.15) is 0 Å². The van der Waals surface area contributed by atoms with Crippen molar-refractivity contribution in [3.8, 4) is 22.6 Å². The minimum atomic E-state index is -6.25. The highest BCUT2D eigenvalue weighted by Gasteiger charge is 2.41.